The van der Waals surface area contributed by atoms with E-state index in [1.54, 1.807) is 0 Å². The van der Waals surface area contributed by atoms with E-state index in [1.807, 2.05) is 12.4 Å². The Labute approximate surface area is 165 Å². The Balaban J connectivity index is 1.55. The van der Waals surface area contributed by atoms with Gasteiger partial charge in [-0.15, -0.1) is 0 Å². The van der Waals surface area contributed by atoms with E-state index in [0.717, 1.165) is 36.1 Å². The van der Waals surface area contributed by atoms with Crippen LogP contribution in [0, 0.1) is 18.8 Å². The number of hydrogen-bond acceptors (Lipinski definition) is 2. The lowest BCUT2D eigenvalue weighted by atomic mass is 9.78. The first-order valence-electron chi connectivity index (χ1n) is 11.1. The quantitative estimate of drug-likeness (QED) is 0.507. The first kappa shape index (κ1) is 20.0. The van der Waals surface area contributed by atoms with Gasteiger partial charge in [0.05, 0.1) is 0 Å². The molecule has 1 aliphatic carbocycles. The maximum absolute atomic E-state index is 4.57. The highest BCUT2D eigenvalue weighted by atomic mass is 14.9. The number of rotatable bonds is 8. The Bertz CT molecular complexity index is 697. The van der Waals surface area contributed by atoms with Crippen molar-refractivity contribution >= 4 is 0 Å². The van der Waals surface area contributed by atoms with E-state index in [4.69, 9.17) is 0 Å². The summed E-state index contributed by atoms with van der Waals surface area (Å²) in [6, 6.07) is 6.77. The summed E-state index contributed by atoms with van der Waals surface area (Å²) >= 11 is 0. The Morgan fingerprint density at radius 1 is 0.852 bits per heavy atom. The minimum Gasteiger partial charge on any atom is -0.236 e. The molecular weight excluding hydrogens is 328 g/mol. The maximum Gasteiger partial charge on any atom is 0.159 e. The van der Waals surface area contributed by atoms with Gasteiger partial charge in [0.2, 0.25) is 0 Å². The summed E-state index contributed by atoms with van der Waals surface area (Å²) in [6.45, 7) is 6.75. The summed E-state index contributed by atoms with van der Waals surface area (Å²) in [5.74, 6) is 2.79. The predicted molar refractivity (Wildman–Crippen MR) is 115 cm³/mol. The van der Waals surface area contributed by atoms with Crippen LogP contribution in [0.15, 0.2) is 30.6 Å². The lowest BCUT2D eigenvalue weighted by molar-refractivity contribution is 0.252. The van der Waals surface area contributed by atoms with Crippen LogP contribution in [0.5, 0.6) is 0 Å². The van der Waals surface area contributed by atoms with Gasteiger partial charge in [0.25, 0.3) is 0 Å². The molecule has 0 atom stereocenters. The third-order valence-electron chi connectivity index (χ3n) is 6.33. The third kappa shape index (κ3) is 5.64. The Morgan fingerprint density at radius 2 is 1.52 bits per heavy atom. The zero-order chi connectivity index (χ0) is 19.1. The molecule has 1 aromatic carbocycles. The van der Waals surface area contributed by atoms with Gasteiger partial charge in [-0.2, -0.15) is 0 Å². The van der Waals surface area contributed by atoms with Crippen LogP contribution >= 0.6 is 0 Å². The van der Waals surface area contributed by atoms with Crippen LogP contribution in [-0.2, 0) is 12.8 Å². The minimum absolute atomic E-state index is 0.846. The van der Waals surface area contributed by atoms with Gasteiger partial charge >= 0.3 is 0 Å². The second kappa shape index (κ2) is 10.0. The lowest BCUT2D eigenvalue weighted by Crippen LogP contribution is -2.15. The molecule has 1 saturated carbocycles. The van der Waals surface area contributed by atoms with Gasteiger partial charge in [-0.25, -0.2) is 9.97 Å². The highest BCUT2D eigenvalue weighted by Crippen LogP contribution is 2.34. The highest BCUT2D eigenvalue weighted by Gasteiger charge is 2.20. The predicted octanol–water partition coefficient (Wildman–Crippen LogP) is 6.94. The molecule has 0 spiro atoms. The molecule has 0 radical (unpaired) electrons. The third-order valence-corrected chi connectivity index (χ3v) is 6.33. The molecule has 27 heavy (non-hydrogen) atoms. The standard InChI is InChI=1S/C25H36N2/c1-4-6-20-8-10-21(11-9-20)12-13-23-14-15-24(16-19(23)3)25-26-17-22(7-5-2)18-27-25/h14-18,20-21H,4-13H2,1-3H3. The molecule has 1 aliphatic rings. The Kier molecular flexibility index (Phi) is 7.43. The molecule has 0 amide bonds. The summed E-state index contributed by atoms with van der Waals surface area (Å²) in [5.41, 5.74) is 5.24. The van der Waals surface area contributed by atoms with E-state index in [1.165, 1.54) is 68.1 Å². The molecular formula is C25H36N2. The molecule has 146 valence electrons. The summed E-state index contributed by atoms with van der Waals surface area (Å²) in [5, 5.41) is 0. The zero-order valence-corrected chi connectivity index (χ0v) is 17.5. The van der Waals surface area contributed by atoms with Gasteiger partial charge in [0, 0.05) is 18.0 Å². The van der Waals surface area contributed by atoms with Crippen molar-refractivity contribution in [2.75, 3.05) is 0 Å². The van der Waals surface area contributed by atoms with E-state index >= 15 is 0 Å². The molecule has 0 saturated heterocycles. The van der Waals surface area contributed by atoms with Gasteiger partial charge in [0.15, 0.2) is 5.82 Å². The van der Waals surface area contributed by atoms with Gasteiger partial charge in [-0.1, -0.05) is 70.9 Å². The Hall–Kier alpha value is -1.70. The van der Waals surface area contributed by atoms with Gasteiger partial charge in [-0.3, -0.25) is 0 Å². The van der Waals surface area contributed by atoms with Crippen molar-refractivity contribution in [2.45, 2.75) is 85.0 Å². The van der Waals surface area contributed by atoms with Crippen molar-refractivity contribution in [1.29, 1.82) is 0 Å². The maximum atomic E-state index is 4.57. The zero-order valence-electron chi connectivity index (χ0n) is 17.5. The van der Waals surface area contributed by atoms with Crippen molar-refractivity contribution in [3.8, 4) is 11.4 Å². The fourth-order valence-electron chi connectivity index (χ4n) is 4.61. The molecule has 1 aromatic heterocycles. The molecule has 0 N–H and O–H groups in total. The average molecular weight is 365 g/mol. The fraction of sp³-hybridized carbons (Fsp3) is 0.600. The first-order chi connectivity index (χ1) is 13.2. The summed E-state index contributed by atoms with van der Waals surface area (Å²) in [6.07, 6.45) is 17.3. The number of benzene rings is 1. The van der Waals surface area contributed by atoms with Crippen LogP contribution < -0.4 is 0 Å². The Morgan fingerprint density at radius 3 is 2.11 bits per heavy atom. The van der Waals surface area contributed by atoms with Crippen LogP contribution in [0.25, 0.3) is 11.4 Å². The largest absolute Gasteiger partial charge is 0.236 e. The summed E-state index contributed by atoms with van der Waals surface area (Å²) < 4.78 is 0. The molecule has 1 heterocycles. The van der Waals surface area contributed by atoms with Crippen molar-refractivity contribution < 1.29 is 0 Å². The van der Waals surface area contributed by atoms with Crippen LogP contribution in [0.3, 0.4) is 0 Å². The molecule has 1 fully saturated rings. The number of aromatic nitrogens is 2. The van der Waals surface area contributed by atoms with Gasteiger partial charge in [0.1, 0.15) is 0 Å². The van der Waals surface area contributed by atoms with Crippen molar-refractivity contribution in [2.24, 2.45) is 11.8 Å². The molecule has 2 heteroatoms. The highest BCUT2D eigenvalue weighted by molar-refractivity contribution is 5.57. The molecule has 2 nitrogen and oxygen atoms in total. The molecule has 3 rings (SSSR count). The van der Waals surface area contributed by atoms with Crippen LogP contribution in [-0.4, -0.2) is 9.97 Å². The number of hydrogen-bond donors (Lipinski definition) is 0. The topological polar surface area (TPSA) is 25.8 Å². The van der Waals surface area contributed by atoms with Crippen LogP contribution in [0.1, 0.15) is 81.9 Å². The van der Waals surface area contributed by atoms with Gasteiger partial charge in [-0.05, 0) is 60.8 Å². The summed E-state index contributed by atoms with van der Waals surface area (Å²) in [7, 11) is 0. The normalized spacial score (nSPS) is 20.0. The number of aryl methyl sites for hydroxylation is 3. The monoisotopic (exact) mass is 364 g/mol. The molecule has 2 aromatic rings. The van der Waals surface area contributed by atoms with Crippen molar-refractivity contribution in [3.05, 3.63) is 47.3 Å². The van der Waals surface area contributed by atoms with E-state index < -0.39 is 0 Å². The number of nitrogens with zero attached hydrogens (tertiary/aromatic N) is 2. The van der Waals surface area contributed by atoms with Crippen molar-refractivity contribution in [3.63, 3.8) is 0 Å². The average Bonchev–Trinajstić information content (AvgIpc) is 2.69. The molecule has 0 unspecified atom stereocenters. The lowest BCUT2D eigenvalue weighted by Gasteiger charge is -2.28. The van der Waals surface area contributed by atoms with Crippen LogP contribution in [0.2, 0.25) is 0 Å². The smallest absolute Gasteiger partial charge is 0.159 e. The molecule has 0 bridgehead atoms. The molecule has 0 aliphatic heterocycles. The van der Waals surface area contributed by atoms with Crippen molar-refractivity contribution in [1.82, 2.24) is 9.97 Å². The van der Waals surface area contributed by atoms with Gasteiger partial charge < -0.3 is 0 Å². The summed E-state index contributed by atoms with van der Waals surface area (Å²) in [4.78, 5) is 9.14. The first-order valence-corrected chi connectivity index (χ1v) is 11.1. The van der Waals surface area contributed by atoms with E-state index in [2.05, 4.69) is 48.9 Å². The minimum atomic E-state index is 0.846. The van der Waals surface area contributed by atoms with Crippen LogP contribution in [0.4, 0.5) is 0 Å². The fourth-order valence-corrected chi connectivity index (χ4v) is 4.61. The van der Waals surface area contributed by atoms with E-state index in [9.17, 15) is 0 Å². The second-order valence-electron chi connectivity index (χ2n) is 8.52. The SMILES string of the molecule is CCCc1cnc(-c2ccc(CCC3CCC(CCC)CC3)c(C)c2)nc1. The van der Waals surface area contributed by atoms with E-state index in [0.29, 0.717) is 0 Å². The second-order valence-corrected chi connectivity index (χ2v) is 8.52. The van der Waals surface area contributed by atoms with E-state index in [-0.39, 0.29) is 0 Å².